The van der Waals surface area contributed by atoms with E-state index in [-0.39, 0.29) is 11.3 Å². The van der Waals surface area contributed by atoms with Crippen LogP contribution in [0.1, 0.15) is 32.1 Å². The molecule has 2 aromatic carbocycles. The first-order valence-electron chi connectivity index (χ1n) is 8.72. The molecule has 0 atom stereocenters. The molecule has 2 N–H and O–H groups in total. The molecule has 1 aromatic heterocycles. The Morgan fingerprint density at radius 1 is 0.968 bits per heavy atom. The number of hydrazine groups is 1. The summed E-state index contributed by atoms with van der Waals surface area (Å²) in [7, 11) is 0. The van der Waals surface area contributed by atoms with Crippen molar-refractivity contribution < 1.29 is 27.2 Å². The third kappa shape index (κ3) is 4.60. The van der Waals surface area contributed by atoms with Gasteiger partial charge in [0, 0.05) is 11.8 Å². The van der Waals surface area contributed by atoms with Crippen LogP contribution < -0.4 is 16.3 Å². The maximum Gasteiger partial charge on any atom is 0.418 e. The number of nitrogens with one attached hydrogen (secondary N) is 2. The number of amides is 2. The van der Waals surface area contributed by atoms with Crippen LogP contribution in [-0.4, -0.2) is 21.6 Å². The average molecular weight is 434 g/mol. The monoisotopic (exact) mass is 434 g/mol. The summed E-state index contributed by atoms with van der Waals surface area (Å²) in [5.41, 5.74) is 0.461. The lowest BCUT2D eigenvalue weighted by molar-refractivity contribution is -0.137. The lowest BCUT2D eigenvalue weighted by atomic mass is 10.1. The van der Waals surface area contributed by atoms with Gasteiger partial charge in [-0.3, -0.25) is 25.2 Å². The molecule has 3 rings (SSSR count). The Balaban J connectivity index is 1.92. The molecule has 0 saturated carbocycles. The predicted octanol–water partition coefficient (Wildman–Crippen LogP) is 2.77. The standard InChI is InChI=1S/C20H14F4N4O3/c1-11-10-16(29)17(19(31)26-25-18(30)12-6-2-4-8-14(12)21)27-28(11)15-9-5-3-7-13(15)20(22,23)24/h2-10H,1H3,(H,25,30)(H,26,31). The van der Waals surface area contributed by atoms with Gasteiger partial charge in [-0.15, -0.1) is 0 Å². The number of hydrogen-bond donors (Lipinski definition) is 2. The topological polar surface area (TPSA) is 93.1 Å². The summed E-state index contributed by atoms with van der Waals surface area (Å²) in [6.45, 7) is 1.35. The van der Waals surface area contributed by atoms with Gasteiger partial charge in [0.15, 0.2) is 5.69 Å². The molecule has 31 heavy (non-hydrogen) atoms. The number of aromatic nitrogens is 2. The van der Waals surface area contributed by atoms with Gasteiger partial charge in [-0.1, -0.05) is 24.3 Å². The van der Waals surface area contributed by atoms with Crippen LogP contribution in [0.4, 0.5) is 17.6 Å². The van der Waals surface area contributed by atoms with Gasteiger partial charge < -0.3 is 0 Å². The summed E-state index contributed by atoms with van der Waals surface area (Å²) in [5.74, 6) is -3.02. The molecule has 0 unspecified atom stereocenters. The maximum absolute atomic E-state index is 13.6. The van der Waals surface area contributed by atoms with Crippen molar-refractivity contribution >= 4 is 11.8 Å². The molecule has 0 aliphatic rings. The van der Waals surface area contributed by atoms with E-state index in [2.05, 4.69) is 5.10 Å². The van der Waals surface area contributed by atoms with E-state index in [0.717, 1.165) is 28.9 Å². The quantitative estimate of drug-likeness (QED) is 0.490. The summed E-state index contributed by atoms with van der Waals surface area (Å²) >= 11 is 0. The van der Waals surface area contributed by atoms with E-state index >= 15 is 0 Å². The van der Waals surface area contributed by atoms with E-state index in [1.807, 2.05) is 10.9 Å². The van der Waals surface area contributed by atoms with Gasteiger partial charge in [-0.25, -0.2) is 9.07 Å². The molecule has 0 fully saturated rings. The normalized spacial score (nSPS) is 11.1. The summed E-state index contributed by atoms with van der Waals surface area (Å²) < 4.78 is 54.5. The van der Waals surface area contributed by atoms with E-state index in [1.54, 1.807) is 0 Å². The van der Waals surface area contributed by atoms with Crippen LogP contribution >= 0.6 is 0 Å². The second kappa shape index (κ2) is 8.38. The summed E-state index contributed by atoms with van der Waals surface area (Å²) in [6, 6.07) is 10.4. The van der Waals surface area contributed by atoms with Gasteiger partial charge in [0.2, 0.25) is 5.43 Å². The van der Waals surface area contributed by atoms with Gasteiger partial charge in [0.05, 0.1) is 16.8 Å². The molecule has 160 valence electrons. The lowest BCUT2D eigenvalue weighted by Gasteiger charge is -2.16. The van der Waals surface area contributed by atoms with Crippen molar-refractivity contribution in [3.05, 3.63) is 93.2 Å². The average Bonchev–Trinajstić information content (AvgIpc) is 2.71. The number of carbonyl (C=O) groups is 2. The Morgan fingerprint density at radius 3 is 2.26 bits per heavy atom. The fourth-order valence-corrected chi connectivity index (χ4v) is 2.73. The number of nitrogens with zero attached hydrogens (tertiary/aromatic N) is 2. The molecule has 3 aromatic rings. The van der Waals surface area contributed by atoms with Gasteiger partial charge >= 0.3 is 6.18 Å². The zero-order valence-electron chi connectivity index (χ0n) is 15.8. The van der Waals surface area contributed by atoms with Crippen LogP contribution in [0.15, 0.2) is 59.4 Å². The SMILES string of the molecule is Cc1cc(=O)c(C(=O)NNC(=O)c2ccccc2F)nn1-c1ccccc1C(F)(F)F. The minimum atomic E-state index is -4.70. The molecule has 0 radical (unpaired) electrons. The minimum Gasteiger partial charge on any atom is -0.287 e. The Bertz CT molecular complexity index is 1220. The molecular formula is C20H14F4N4O3. The molecule has 7 nitrogen and oxygen atoms in total. The number of para-hydroxylation sites is 1. The highest BCUT2D eigenvalue weighted by atomic mass is 19.4. The fourth-order valence-electron chi connectivity index (χ4n) is 2.73. The second-order valence-corrected chi connectivity index (χ2v) is 6.31. The Labute approximate surface area is 172 Å². The largest absolute Gasteiger partial charge is 0.418 e. The first-order chi connectivity index (χ1) is 14.6. The minimum absolute atomic E-state index is 0.0497. The van der Waals surface area contributed by atoms with E-state index < -0.39 is 46.2 Å². The van der Waals surface area contributed by atoms with Crippen LogP contribution in [0.3, 0.4) is 0 Å². The van der Waals surface area contributed by atoms with Gasteiger partial charge in [-0.05, 0) is 31.2 Å². The van der Waals surface area contributed by atoms with Crippen molar-refractivity contribution in [2.24, 2.45) is 0 Å². The zero-order chi connectivity index (χ0) is 22.8. The number of carbonyl (C=O) groups excluding carboxylic acids is 2. The molecule has 0 saturated heterocycles. The number of rotatable bonds is 3. The Morgan fingerprint density at radius 2 is 1.58 bits per heavy atom. The third-order valence-electron chi connectivity index (χ3n) is 4.17. The van der Waals surface area contributed by atoms with E-state index in [9.17, 15) is 31.9 Å². The number of alkyl halides is 3. The highest BCUT2D eigenvalue weighted by molar-refractivity contribution is 5.98. The third-order valence-corrected chi connectivity index (χ3v) is 4.17. The van der Waals surface area contributed by atoms with Gasteiger partial charge in [0.1, 0.15) is 5.82 Å². The van der Waals surface area contributed by atoms with Crippen molar-refractivity contribution in [3.63, 3.8) is 0 Å². The summed E-state index contributed by atoms with van der Waals surface area (Å²) in [4.78, 5) is 36.5. The van der Waals surface area contributed by atoms with Crippen molar-refractivity contribution in [2.45, 2.75) is 13.1 Å². The predicted molar refractivity (Wildman–Crippen MR) is 101 cm³/mol. The highest BCUT2D eigenvalue weighted by Crippen LogP contribution is 2.33. The number of halogens is 4. The van der Waals surface area contributed by atoms with E-state index in [1.165, 1.54) is 37.3 Å². The first-order valence-corrected chi connectivity index (χ1v) is 8.72. The molecule has 2 amide bonds. The number of hydrogen-bond acceptors (Lipinski definition) is 4. The van der Waals surface area contributed by atoms with Crippen molar-refractivity contribution in [1.29, 1.82) is 0 Å². The van der Waals surface area contributed by atoms with Crippen LogP contribution in [0.2, 0.25) is 0 Å². The smallest absolute Gasteiger partial charge is 0.287 e. The molecule has 0 aliphatic heterocycles. The molecule has 0 aliphatic carbocycles. The van der Waals surface area contributed by atoms with Crippen molar-refractivity contribution in [3.8, 4) is 5.69 Å². The highest BCUT2D eigenvalue weighted by Gasteiger charge is 2.34. The van der Waals surface area contributed by atoms with Crippen molar-refractivity contribution in [1.82, 2.24) is 20.6 Å². The molecule has 11 heteroatoms. The first kappa shape index (κ1) is 21.7. The molecule has 1 heterocycles. The fraction of sp³-hybridized carbons (Fsp3) is 0.100. The van der Waals surface area contributed by atoms with E-state index in [4.69, 9.17) is 0 Å². The zero-order valence-corrected chi connectivity index (χ0v) is 15.8. The van der Waals surface area contributed by atoms with Gasteiger partial charge in [-0.2, -0.15) is 18.3 Å². The maximum atomic E-state index is 13.6. The Hall–Kier alpha value is -4.02. The molecule has 0 bridgehead atoms. The number of aryl methyl sites for hydroxylation is 1. The van der Waals surface area contributed by atoms with Crippen LogP contribution in [-0.2, 0) is 6.18 Å². The summed E-state index contributed by atoms with van der Waals surface area (Å²) in [6.07, 6.45) is -4.70. The summed E-state index contributed by atoms with van der Waals surface area (Å²) in [5, 5.41) is 3.75. The van der Waals surface area contributed by atoms with E-state index in [0.29, 0.717) is 0 Å². The lowest BCUT2D eigenvalue weighted by Crippen LogP contribution is -2.44. The molecule has 0 spiro atoms. The Kier molecular flexibility index (Phi) is 5.86. The van der Waals surface area contributed by atoms with Crippen LogP contribution in [0, 0.1) is 12.7 Å². The van der Waals surface area contributed by atoms with Crippen LogP contribution in [0.5, 0.6) is 0 Å². The van der Waals surface area contributed by atoms with Crippen molar-refractivity contribution in [2.75, 3.05) is 0 Å². The van der Waals surface area contributed by atoms with Crippen LogP contribution in [0.25, 0.3) is 5.69 Å². The van der Waals surface area contributed by atoms with Gasteiger partial charge in [0.25, 0.3) is 11.8 Å². The number of benzene rings is 2. The second-order valence-electron chi connectivity index (χ2n) is 6.31. The molecular weight excluding hydrogens is 420 g/mol.